The van der Waals surface area contributed by atoms with Gasteiger partial charge in [-0.2, -0.15) is 0 Å². The predicted octanol–water partition coefficient (Wildman–Crippen LogP) is 2.71. The first-order valence-corrected chi connectivity index (χ1v) is 9.61. The van der Waals surface area contributed by atoms with Gasteiger partial charge in [-0.15, -0.1) is 11.3 Å². The summed E-state index contributed by atoms with van der Waals surface area (Å²) in [6.45, 7) is 3.08. The molecule has 4 nitrogen and oxygen atoms in total. The van der Waals surface area contributed by atoms with Crippen LogP contribution in [0.2, 0.25) is 0 Å². The first kappa shape index (κ1) is 15.4. The Morgan fingerprint density at radius 3 is 2.42 bits per heavy atom. The summed E-state index contributed by atoms with van der Waals surface area (Å²) in [5.41, 5.74) is 0. The fourth-order valence-corrected chi connectivity index (χ4v) is 5.76. The summed E-state index contributed by atoms with van der Waals surface area (Å²) in [6.07, 6.45) is 3.89. The van der Waals surface area contributed by atoms with Crippen molar-refractivity contribution in [1.29, 1.82) is 0 Å². The number of nitrogens with one attached hydrogen (secondary N) is 2. The van der Waals surface area contributed by atoms with E-state index in [1.807, 2.05) is 0 Å². The van der Waals surface area contributed by atoms with Crippen LogP contribution >= 0.6 is 27.3 Å². The Morgan fingerprint density at radius 2 is 1.89 bits per heavy atom. The molecule has 1 heterocycles. The average molecular weight is 367 g/mol. The number of halogens is 1. The fourth-order valence-electron chi connectivity index (χ4n) is 2.42. The lowest BCUT2D eigenvalue weighted by Crippen LogP contribution is -2.41. The van der Waals surface area contributed by atoms with Crippen LogP contribution in [0.1, 0.15) is 32.6 Å². The summed E-state index contributed by atoms with van der Waals surface area (Å²) in [4.78, 5) is 0. The molecule has 19 heavy (non-hydrogen) atoms. The van der Waals surface area contributed by atoms with Crippen LogP contribution in [0.15, 0.2) is 20.1 Å². The minimum atomic E-state index is -3.35. The first-order chi connectivity index (χ1) is 9.01. The molecule has 1 aromatic heterocycles. The lowest BCUT2D eigenvalue weighted by molar-refractivity contribution is 0.333. The second kappa shape index (κ2) is 6.67. The highest BCUT2D eigenvalue weighted by atomic mass is 79.9. The predicted molar refractivity (Wildman–Crippen MR) is 82.1 cm³/mol. The van der Waals surface area contributed by atoms with Crippen LogP contribution in [-0.4, -0.2) is 27.0 Å². The topological polar surface area (TPSA) is 58.2 Å². The molecule has 0 unspecified atom stereocenters. The summed E-state index contributed by atoms with van der Waals surface area (Å²) in [6, 6.07) is 4.02. The van der Waals surface area contributed by atoms with Crippen molar-refractivity contribution in [3.63, 3.8) is 0 Å². The number of sulfonamides is 1. The highest BCUT2D eigenvalue weighted by Gasteiger charge is 2.26. The Morgan fingerprint density at radius 1 is 1.26 bits per heavy atom. The van der Waals surface area contributed by atoms with E-state index < -0.39 is 10.0 Å². The number of hydrogen-bond donors (Lipinski definition) is 2. The molecule has 0 bridgehead atoms. The van der Waals surface area contributed by atoms with Crippen LogP contribution in [0.25, 0.3) is 0 Å². The van der Waals surface area contributed by atoms with Gasteiger partial charge in [0, 0.05) is 12.1 Å². The molecular weight excluding hydrogens is 348 g/mol. The van der Waals surface area contributed by atoms with Gasteiger partial charge in [-0.05, 0) is 60.3 Å². The van der Waals surface area contributed by atoms with Crippen molar-refractivity contribution in [3.8, 4) is 0 Å². The van der Waals surface area contributed by atoms with Crippen LogP contribution in [0.3, 0.4) is 0 Å². The Bertz CT molecular complexity index is 508. The molecule has 1 aliphatic rings. The molecule has 0 amide bonds. The SMILES string of the molecule is CCNC1CCC(NS(=O)(=O)c2ccc(Br)s2)CC1. The van der Waals surface area contributed by atoms with Crippen molar-refractivity contribution < 1.29 is 8.42 Å². The molecule has 1 fully saturated rings. The standard InChI is InChI=1S/C12H19BrN2O2S2/c1-2-14-9-3-5-10(6-4-9)15-19(16,17)12-8-7-11(13)18-12/h7-10,14-15H,2-6H2,1H3. The van der Waals surface area contributed by atoms with Crippen molar-refractivity contribution in [2.45, 2.75) is 48.9 Å². The van der Waals surface area contributed by atoms with Crippen LogP contribution in [0.5, 0.6) is 0 Å². The van der Waals surface area contributed by atoms with E-state index in [9.17, 15) is 8.42 Å². The third-order valence-corrected chi connectivity index (χ3v) is 6.99. The van der Waals surface area contributed by atoms with Gasteiger partial charge in [-0.25, -0.2) is 13.1 Å². The van der Waals surface area contributed by atoms with Gasteiger partial charge in [-0.3, -0.25) is 0 Å². The van der Waals surface area contributed by atoms with Gasteiger partial charge in [0.2, 0.25) is 10.0 Å². The molecule has 0 radical (unpaired) electrons. The monoisotopic (exact) mass is 366 g/mol. The zero-order chi connectivity index (χ0) is 13.9. The van der Waals surface area contributed by atoms with Crippen molar-refractivity contribution in [1.82, 2.24) is 10.0 Å². The van der Waals surface area contributed by atoms with Gasteiger partial charge in [0.05, 0.1) is 3.79 Å². The molecule has 0 atom stereocenters. The van der Waals surface area contributed by atoms with Crippen LogP contribution in [-0.2, 0) is 10.0 Å². The van der Waals surface area contributed by atoms with E-state index in [-0.39, 0.29) is 6.04 Å². The Kier molecular flexibility index (Phi) is 5.42. The molecule has 0 spiro atoms. The van der Waals surface area contributed by atoms with E-state index in [0.717, 1.165) is 36.0 Å². The molecule has 108 valence electrons. The molecule has 2 rings (SSSR count). The van der Waals surface area contributed by atoms with Crippen molar-refractivity contribution in [3.05, 3.63) is 15.9 Å². The lowest BCUT2D eigenvalue weighted by Gasteiger charge is -2.29. The number of rotatable bonds is 5. The fraction of sp³-hybridized carbons (Fsp3) is 0.667. The average Bonchev–Trinajstić information content (AvgIpc) is 2.79. The van der Waals surface area contributed by atoms with E-state index in [4.69, 9.17) is 0 Å². The van der Waals surface area contributed by atoms with Crippen LogP contribution in [0, 0.1) is 0 Å². The summed E-state index contributed by atoms with van der Waals surface area (Å²) in [7, 11) is -3.35. The first-order valence-electron chi connectivity index (χ1n) is 6.52. The zero-order valence-corrected chi connectivity index (χ0v) is 14.1. The van der Waals surface area contributed by atoms with Gasteiger partial charge in [0.25, 0.3) is 0 Å². The molecule has 1 aliphatic carbocycles. The van der Waals surface area contributed by atoms with E-state index in [2.05, 4.69) is 32.9 Å². The molecule has 0 saturated heterocycles. The molecule has 1 saturated carbocycles. The smallest absolute Gasteiger partial charge is 0.250 e. The Hall–Kier alpha value is 0.0500. The minimum absolute atomic E-state index is 0.0702. The lowest BCUT2D eigenvalue weighted by atomic mass is 9.92. The number of thiophene rings is 1. The summed E-state index contributed by atoms with van der Waals surface area (Å²) >= 11 is 4.54. The highest BCUT2D eigenvalue weighted by Crippen LogP contribution is 2.27. The quantitative estimate of drug-likeness (QED) is 0.841. The summed E-state index contributed by atoms with van der Waals surface area (Å²) < 4.78 is 28.4. The number of hydrogen-bond acceptors (Lipinski definition) is 4. The normalized spacial score (nSPS) is 24.5. The minimum Gasteiger partial charge on any atom is -0.314 e. The zero-order valence-electron chi connectivity index (χ0n) is 10.9. The summed E-state index contributed by atoms with van der Waals surface area (Å²) in [5.74, 6) is 0. The third-order valence-electron chi connectivity index (χ3n) is 3.36. The molecule has 7 heteroatoms. The van der Waals surface area contributed by atoms with Gasteiger partial charge in [-0.1, -0.05) is 6.92 Å². The van der Waals surface area contributed by atoms with Gasteiger partial charge in [0.1, 0.15) is 4.21 Å². The molecule has 0 aliphatic heterocycles. The largest absolute Gasteiger partial charge is 0.314 e. The van der Waals surface area contributed by atoms with E-state index in [0.29, 0.717) is 10.3 Å². The molecule has 2 N–H and O–H groups in total. The summed E-state index contributed by atoms with van der Waals surface area (Å²) in [5, 5.41) is 3.42. The maximum absolute atomic E-state index is 12.2. The van der Waals surface area contributed by atoms with Crippen molar-refractivity contribution in [2.75, 3.05) is 6.54 Å². The Labute approximate surface area is 127 Å². The second-order valence-electron chi connectivity index (χ2n) is 4.79. The molecule has 1 aromatic rings. The third kappa shape index (κ3) is 4.26. The van der Waals surface area contributed by atoms with Crippen molar-refractivity contribution >= 4 is 37.3 Å². The molecule has 0 aromatic carbocycles. The van der Waals surface area contributed by atoms with Crippen LogP contribution < -0.4 is 10.0 Å². The van der Waals surface area contributed by atoms with Gasteiger partial charge in [0.15, 0.2) is 0 Å². The van der Waals surface area contributed by atoms with Gasteiger partial charge >= 0.3 is 0 Å². The van der Waals surface area contributed by atoms with E-state index in [1.54, 1.807) is 12.1 Å². The maximum atomic E-state index is 12.2. The van der Waals surface area contributed by atoms with Crippen LogP contribution in [0.4, 0.5) is 0 Å². The van der Waals surface area contributed by atoms with Crippen molar-refractivity contribution in [2.24, 2.45) is 0 Å². The maximum Gasteiger partial charge on any atom is 0.250 e. The van der Waals surface area contributed by atoms with E-state index in [1.165, 1.54) is 11.3 Å². The second-order valence-corrected chi connectivity index (χ2v) is 9.19. The Balaban J connectivity index is 1.92. The van der Waals surface area contributed by atoms with Gasteiger partial charge < -0.3 is 5.32 Å². The molecular formula is C12H19BrN2O2S2. The highest BCUT2D eigenvalue weighted by molar-refractivity contribution is 9.11. The van der Waals surface area contributed by atoms with E-state index >= 15 is 0 Å².